The fourth-order valence-corrected chi connectivity index (χ4v) is 5.61. The number of ether oxygens (including phenoxy) is 2. The van der Waals surface area contributed by atoms with Gasteiger partial charge in [0.05, 0.1) is 11.9 Å². The summed E-state index contributed by atoms with van der Waals surface area (Å²) in [5, 5.41) is 3.40. The molecule has 218 valence electrons. The summed E-state index contributed by atoms with van der Waals surface area (Å²) in [5.74, 6) is 0.0265. The second kappa shape index (κ2) is 13.7. The lowest BCUT2D eigenvalue weighted by molar-refractivity contribution is -0.140. The van der Waals surface area contributed by atoms with Crippen LogP contribution in [0.15, 0.2) is 72.8 Å². The minimum absolute atomic E-state index is 0.0508. The maximum atomic E-state index is 14.1. The van der Waals surface area contributed by atoms with Crippen LogP contribution in [0, 0.1) is 0 Å². The topological polar surface area (TPSA) is 105 Å². The van der Waals surface area contributed by atoms with Crippen molar-refractivity contribution in [2.24, 2.45) is 0 Å². The van der Waals surface area contributed by atoms with Gasteiger partial charge < -0.3 is 19.7 Å². The van der Waals surface area contributed by atoms with Crippen LogP contribution in [0.4, 0.5) is 5.69 Å². The lowest BCUT2D eigenvalue weighted by Gasteiger charge is -2.33. The Hall–Kier alpha value is -3.76. The van der Waals surface area contributed by atoms with Crippen molar-refractivity contribution in [2.45, 2.75) is 32.4 Å². The van der Waals surface area contributed by atoms with Gasteiger partial charge in [0.2, 0.25) is 21.8 Å². The van der Waals surface area contributed by atoms with Crippen LogP contribution in [0.2, 0.25) is 5.02 Å². The van der Waals surface area contributed by atoms with E-state index in [4.69, 9.17) is 21.1 Å². The van der Waals surface area contributed by atoms with Crippen molar-refractivity contribution < 1.29 is 27.5 Å². The Labute approximate surface area is 246 Å². The Kier molecular flexibility index (Phi) is 10.1. The van der Waals surface area contributed by atoms with E-state index in [1.165, 1.54) is 4.90 Å². The van der Waals surface area contributed by atoms with Crippen LogP contribution in [-0.4, -0.2) is 63.7 Å². The quantitative estimate of drug-likeness (QED) is 0.337. The number of hydrogen-bond acceptors (Lipinski definition) is 6. The Morgan fingerprint density at radius 3 is 2.34 bits per heavy atom. The van der Waals surface area contributed by atoms with E-state index in [1.807, 2.05) is 43.3 Å². The van der Waals surface area contributed by atoms with Gasteiger partial charge in [-0.25, -0.2) is 8.42 Å². The summed E-state index contributed by atoms with van der Waals surface area (Å²) in [6.45, 7) is 2.63. The number of nitrogens with one attached hydrogen (secondary N) is 1. The average molecular weight is 600 g/mol. The molecule has 0 aliphatic carbocycles. The zero-order valence-corrected chi connectivity index (χ0v) is 24.7. The van der Waals surface area contributed by atoms with Gasteiger partial charge in [-0.05, 0) is 41.8 Å². The number of nitrogens with zero attached hydrogens (tertiary/aromatic N) is 2. The zero-order chi connectivity index (χ0) is 29.4. The fourth-order valence-electron chi connectivity index (χ4n) is 4.55. The number of fused-ring (bicyclic) bond motifs is 1. The molecule has 3 aromatic rings. The molecule has 1 aliphatic heterocycles. The smallest absolute Gasteiger partial charge is 0.244 e. The third-order valence-corrected chi connectivity index (χ3v) is 7.93. The lowest BCUT2D eigenvalue weighted by atomic mass is 10.0. The third-order valence-electron chi connectivity index (χ3n) is 6.56. The normalized spacial score (nSPS) is 13.2. The average Bonchev–Trinajstić information content (AvgIpc) is 2.96. The SMILES string of the molecule is CCCNC(=O)[C@H](Cc1ccccc1)N(Cc1cccc(Cl)c1)C(=O)CN(c1ccc2c(c1)OCCO2)S(C)(=O)=O. The Morgan fingerprint density at radius 1 is 0.951 bits per heavy atom. The molecule has 1 N–H and O–H groups in total. The zero-order valence-electron chi connectivity index (χ0n) is 23.1. The second-order valence-electron chi connectivity index (χ2n) is 9.75. The molecule has 0 spiro atoms. The van der Waals surface area contributed by atoms with Crippen molar-refractivity contribution in [2.75, 3.05) is 36.9 Å². The number of benzene rings is 3. The molecule has 3 aromatic carbocycles. The van der Waals surface area contributed by atoms with Crippen molar-refractivity contribution in [3.63, 3.8) is 0 Å². The van der Waals surface area contributed by atoms with Gasteiger partial charge in [-0.15, -0.1) is 0 Å². The van der Waals surface area contributed by atoms with Gasteiger partial charge in [0.25, 0.3) is 0 Å². The van der Waals surface area contributed by atoms with Gasteiger partial charge in [0, 0.05) is 30.6 Å². The molecule has 2 amide bonds. The van der Waals surface area contributed by atoms with Crippen molar-refractivity contribution in [3.8, 4) is 11.5 Å². The number of halogens is 1. The van der Waals surface area contributed by atoms with E-state index in [9.17, 15) is 18.0 Å². The molecule has 0 saturated heterocycles. The first-order valence-electron chi connectivity index (χ1n) is 13.4. The first kappa shape index (κ1) is 30.2. The van der Waals surface area contributed by atoms with Crippen LogP contribution >= 0.6 is 11.6 Å². The van der Waals surface area contributed by atoms with Gasteiger partial charge in [0.1, 0.15) is 25.8 Å². The van der Waals surface area contributed by atoms with E-state index in [0.717, 1.165) is 22.5 Å². The molecule has 0 unspecified atom stereocenters. The minimum Gasteiger partial charge on any atom is -0.486 e. The lowest BCUT2D eigenvalue weighted by Crippen LogP contribution is -2.53. The van der Waals surface area contributed by atoms with Gasteiger partial charge in [0.15, 0.2) is 11.5 Å². The standard InChI is InChI=1S/C30H34ClN3O6S/c1-3-14-32-30(36)26(18-22-8-5-4-6-9-22)33(20-23-10-7-11-24(31)17-23)29(35)21-34(41(2,37)38)25-12-13-27-28(19-25)40-16-15-39-27/h4-13,17,19,26H,3,14-16,18,20-21H2,1-2H3,(H,32,36)/t26-/m0/s1. The summed E-state index contributed by atoms with van der Waals surface area (Å²) in [6.07, 6.45) is 2.00. The molecule has 41 heavy (non-hydrogen) atoms. The van der Waals surface area contributed by atoms with Crippen LogP contribution in [0.1, 0.15) is 24.5 Å². The van der Waals surface area contributed by atoms with Crippen LogP contribution < -0.4 is 19.1 Å². The predicted octanol–water partition coefficient (Wildman–Crippen LogP) is 4.04. The highest BCUT2D eigenvalue weighted by atomic mass is 35.5. The molecule has 0 bridgehead atoms. The van der Waals surface area contributed by atoms with Gasteiger partial charge in [-0.2, -0.15) is 0 Å². The van der Waals surface area contributed by atoms with E-state index < -0.39 is 28.5 Å². The number of carbonyl (C=O) groups is 2. The summed E-state index contributed by atoms with van der Waals surface area (Å²) >= 11 is 6.24. The molecule has 1 aliphatic rings. The second-order valence-corrected chi connectivity index (χ2v) is 12.1. The van der Waals surface area contributed by atoms with Crippen LogP contribution in [0.5, 0.6) is 11.5 Å². The molecular weight excluding hydrogens is 566 g/mol. The first-order chi connectivity index (χ1) is 19.7. The minimum atomic E-state index is -3.90. The summed E-state index contributed by atoms with van der Waals surface area (Å²) in [6, 6.07) is 20.2. The van der Waals surface area contributed by atoms with Crippen molar-refractivity contribution in [3.05, 3.63) is 88.9 Å². The summed E-state index contributed by atoms with van der Waals surface area (Å²) in [4.78, 5) is 29.1. The van der Waals surface area contributed by atoms with E-state index in [2.05, 4.69) is 5.32 Å². The highest BCUT2D eigenvalue weighted by Gasteiger charge is 2.33. The number of anilines is 1. The van der Waals surface area contributed by atoms with Crippen molar-refractivity contribution in [1.82, 2.24) is 10.2 Å². The highest BCUT2D eigenvalue weighted by Crippen LogP contribution is 2.34. The maximum absolute atomic E-state index is 14.1. The highest BCUT2D eigenvalue weighted by molar-refractivity contribution is 7.92. The van der Waals surface area contributed by atoms with Crippen molar-refractivity contribution >= 4 is 39.1 Å². The molecular formula is C30H34ClN3O6S. The Bertz CT molecular complexity index is 1470. The summed E-state index contributed by atoms with van der Waals surface area (Å²) < 4.78 is 38.2. The van der Waals surface area contributed by atoms with Crippen molar-refractivity contribution in [1.29, 1.82) is 0 Å². The van der Waals surface area contributed by atoms with Crippen LogP contribution in [0.3, 0.4) is 0 Å². The van der Waals surface area contributed by atoms with E-state index >= 15 is 0 Å². The number of sulfonamides is 1. The van der Waals surface area contributed by atoms with E-state index in [1.54, 1.807) is 36.4 Å². The van der Waals surface area contributed by atoms with E-state index in [0.29, 0.717) is 41.8 Å². The Morgan fingerprint density at radius 2 is 1.66 bits per heavy atom. The van der Waals surface area contributed by atoms with Gasteiger partial charge >= 0.3 is 0 Å². The summed E-state index contributed by atoms with van der Waals surface area (Å²) in [7, 11) is -3.90. The first-order valence-corrected chi connectivity index (χ1v) is 15.6. The number of carbonyl (C=O) groups excluding carboxylic acids is 2. The monoisotopic (exact) mass is 599 g/mol. The fraction of sp³-hybridized carbons (Fsp3) is 0.333. The summed E-state index contributed by atoms with van der Waals surface area (Å²) in [5.41, 5.74) is 1.82. The van der Waals surface area contributed by atoms with Gasteiger partial charge in [-0.1, -0.05) is 61.0 Å². The molecule has 1 heterocycles. The number of rotatable bonds is 12. The molecule has 9 nitrogen and oxygen atoms in total. The molecule has 0 radical (unpaired) electrons. The number of amides is 2. The van der Waals surface area contributed by atoms with Crippen LogP contribution in [-0.2, 0) is 32.6 Å². The predicted molar refractivity (Wildman–Crippen MR) is 159 cm³/mol. The molecule has 4 rings (SSSR count). The molecule has 0 saturated carbocycles. The Balaban J connectivity index is 1.72. The maximum Gasteiger partial charge on any atom is 0.244 e. The third kappa shape index (κ3) is 8.14. The molecule has 0 aromatic heterocycles. The van der Waals surface area contributed by atoms with Gasteiger partial charge in [-0.3, -0.25) is 13.9 Å². The number of hydrogen-bond donors (Lipinski definition) is 1. The molecule has 11 heteroatoms. The molecule has 0 fully saturated rings. The largest absolute Gasteiger partial charge is 0.486 e. The van der Waals surface area contributed by atoms with Crippen LogP contribution in [0.25, 0.3) is 0 Å². The molecule has 1 atom stereocenters. The van der Waals surface area contributed by atoms with E-state index in [-0.39, 0.29) is 24.6 Å².